The molecule has 0 saturated heterocycles. The van der Waals surface area contributed by atoms with Crippen LogP contribution < -0.4 is 16.1 Å². The van der Waals surface area contributed by atoms with Crippen molar-refractivity contribution in [3.8, 4) is 0 Å². The van der Waals surface area contributed by atoms with Gasteiger partial charge in [-0.2, -0.15) is 5.10 Å². The molecule has 152 valence electrons. The Hall–Kier alpha value is -3.92. The van der Waals surface area contributed by atoms with Crippen LogP contribution in [0.2, 0.25) is 0 Å². The number of hydrogen-bond donors (Lipinski definition) is 3. The summed E-state index contributed by atoms with van der Waals surface area (Å²) in [7, 11) is 1.65. The van der Waals surface area contributed by atoms with Crippen molar-refractivity contribution < 1.29 is 9.59 Å². The van der Waals surface area contributed by atoms with Gasteiger partial charge >= 0.3 is 0 Å². The highest BCUT2D eigenvalue weighted by Crippen LogP contribution is 2.12. The molecule has 2 heterocycles. The van der Waals surface area contributed by atoms with Crippen LogP contribution in [0.15, 0.2) is 64.3 Å². The molecular formula is C20H19N7O2S. The van der Waals surface area contributed by atoms with E-state index in [-0.39, 0.29) is 23.3 Å². The maximum absolute atomic E-state index is 12.4. The standard InChI is InChI=1S/C20H19N7O2S/c1-21-18(27-22-2)14-7-5-13(6-8-14)11-23-19(28)15-10-17(25-12-24-15)26-20(29)16-4-3-9-30-16/h3-10,12H,2,11H2,1H3,(H,21,27)(H,23,28)(H,24,25,26,29). The van der Waals surface area contributed by atoms with Gasteiger partial charge in [0.05, 0.1) is 4.88 Å². The van der Waals surface area contributed by atoms with E-state index in [2.05, 4.69) is 42.8 Å². The fourth-order valence-electron chi connectivity index (χ4n) is 2.51. The zero-order valence-electron chi connectivity index (χ0n) is 16.1. The summed E-state index contributed by atoms with van der Waals surface area (Å²) >= 11 is 1.32. The van der Waals surface area contributed by atoms with Gasteiger partial charge in [0.25, 0.3) is 11.8 Å². The fourth-order valence-corrected chi connectivity index (χ4v) is 3.13. The average Bonchev–Trinajstić information content (AvgIpc) is 3.32. The third-order valence-corrected chi connectivity index (χ3v) is 4.84. The summed E-state index contributed by atoms with van der Waals surface area (Å²) in [6, 6.07) is 12.4. The fraction of sp³-hybridized carbons (Fsp3) is 0.100. The number of aromatic nitrogens is 2. The maximum Gasteiger partial charge on any atom is 0.270 e. The molecule has 9 nitrogen and oxygen atoms in total. The molecule has 0 fully saturated rings. The van der Waals surface area contributed by atoms with Gasteiger partial charge in [0.2, 0.25) is 0 Å². The van der Waals surface area contributed by atoms with E-state index in [1.807, 2.05) is 29.6 Å². The number of amidine groups is 1. The van der Waals surface area contributed by atoms with E-state index in [0.29, 0.717) is 17.3 Å². The molecule has 3 aromatic rings. The molecule has 0 aliphatic carbocycles. The molecule has 30 heavy (non-hydrogen) atoms. The molecule has 0 bridgehead atoms. The van der Waals surface area contributed by atoms with Crippen LogP contribution in [-0.2, 0) is 6.54 Å². The summed E-state index contributed by atoms with van der Waals surface area (Å²) in [4.78, 5) is 37.2. The number of thiophene rings is 1. The quantitative estimate of drug-likeness (QED) is 0.307. The summed E-state index contributed by atoms with van der Waals surface area (Å²) in [6.45, 7) is 3.69. The number of nitrogens with one attached hydrogen (secondary N) is 3. The smallest absolute Gasteiger partial charge is 0.270 e. The first-order valence-electron chi connectivity index (χ1n) is 8.83. The lowest BCUT2D eigenvalue weighted by Crippen LogP contribution is -2.24. The van der Waals surface area contributed by atoms with Crippen molar-refractivity contribution in [1.82, 2.24) is 20.7 Å². The van der Waals surface area contributed by atoms with E-state index in [9.17, 15) is 9.59 Å². The molecule has 2 aromatic heterocycles. The molecule has 2 amide bonds. The Bertz CT molecular complexity index is 1060. The molecule has 0 aliphatic rings. The predicted octanol–water partition coefficient (Wildman–Crippen LogP) is 2.30. The Balaban J connectivity index is 1.60. The second-order valence-corrected chi connectivity index (χ2v) is 6.89. The first-order chi connectivity index (χ1) is 14.6. The van der Waals surface area contributed by atoms with Gasteiger partial charge in [-0.3, -0.25) is 20.0 Å². The van der Waals surface area contributed by atoms with Gasteiger partial charge in [-0.15, -0.1) is 11.3 Å². The summed E-state index contributed by atoms with van der Waals surface area (Å²) in [5, 5.41) is 10.9. The highest BCUT2D eigenvalue weighted by Gasteiger charge is 2.12. The molecule has 0 saturated carbocycles. The maximum atomic E-state index is 12.4. The molecular weight excluding hydrogens is 402 g/mol. The van der Waals surface area contributed by atoms with Crippen LogP contribution in [0.3, 0.4) is 0 Å². The van der Waals surface area contributed by atoms with E-state index < -0.39 is 0 Å². The number of hydrazone groups is 1. The van der Waals surface area contributed by atoms with Crippen molar-refractivity contribution in [3.63, 3.8) is 0 Å². The normalized spacial score (nSPS) is 10.9. The summed E-state index contributed by atoms with van der Waals surface area (Å²) in [5.74, 6) is 0.194. The number of aliphatic imine (C=N–C) groups is 1. The van der Waals surface area contributed by atoms with E-state index in [1.165, 1.54) is 23.7 Å². The van der Waals surface area contributed by atoms with Crippen molar-refractivity contribution in [2.45, 2.75) is 6.54 Å². The van der Waals surface area contributed by atoms with Gasteiger partial charge in [0.15, 0.2) is 0 Å². The van der Waals surface area contributed by atoms with Crippen LogP contribution in [-0.4, -0.2) is 41.4 Å². The van der Waals surface area contributed by atoms with E-state index in [0.717, 1.165) is 11.1 Å². The molecule has 0 unspecified atom stereocenters. The Morgan fingerprint density at radius 3 is 2.60 bits per heavy atom. The van der Waals surface area contributed by atoms with E-state index in [4.69, 9.17) is 0 Å². The van der Waals surface area contributed by atoms with Crippen molar-refractivity contribution in [2.24, 2.45) is 10.1 Å². The van der Waals surface area contributed by atoms with Crippen LogP contribution in [0.25, 0.3) is 0 Å². The number of benzene rings is 1. The van der Waals surface area contributed by atoms with Crippen molar-refractivity contribution in [3.05, 3.63) is 75.9 Å². The molecule has 0 atom stereocenters. The minimum atomic E-state index is -0.374. The number of hydrogen-bond acceptors (Lipinski definition) is 7. The van der Waals surface area contributed by atoms with Crippen LogP contribution in [0.5, 0.6) is 0 Å². The minimum absolute atomic E-state index is 0.157. The number of anilines is 1. The minimum Gasteiger partial charge on any atom is -0.347 e. The van der Waals surface area contributed by atoms with Crippen molar-refractivity contribution in [2.75, 3.05) is 12.4 Å². The van der Waals surface area contributed by atoms with Crippen LogP contribution >= 0.6 is 11.3 Å². The average molecular weight is 421 g/mol. The van der Waals surface area contributed by atoms with Gasteiger partial charge in [-0.05, 0) is 17.0 Å². The second-order valence-electron chi connectivity index (χ2n) is 5.94. The van der Waals surface area contributed by atoms with Crippen LogP contribution in [0.4, 0.5) is 5.82 Å². The third kappa shape index (κ3) is 5.32. The summed E-state index contributed by atoms with van der Waals surface area (Å²) < 4.78 is 0. The largest absolute Gasteiger partial charge is 0.347 e. The van der Waals surface area contributed by atoms with Crippen molar-refractivity contribution >= 4 is 41.5 Å². The number of nitrogens with zero attached hydrogens (tertiary/aromatic N) is 4. The van der Waals surface area contributed by atoms with Gasteiger partial charge in [-0.25, -0.2) is 9.97 Å². The van der Waals surface area contributed by atoms with E-state index in [1.54, 1.807) is 19.2 Å². The Morgan fingerprint density at radius 1 is 1.13 bits per heavy atom. The molecule has 3 N–H and O–H groups in total. The number of amides is 2. The van der Waals surface area contributed by atoms with Gasteiger partial charge < -0.3 is 10.6 Å². The van der Waals surface area contributed by atoms with Gasteiger partial charge in [0.1, 0.15) is 23.7 Å². The number of carbonyl (C=O) groups excluding carboxylic acids is 2. The number of rotatable bonds is 7. The molecule has 10 heteroatoms. The lowest BCUT2D eigenvalue weighted by atomic mass is 10.1. The summed E-state index contributed by atoms with van der Waals surface area (Å²) in [6.07, 6.45) is 1.24. The monoisotopic (exact) mass is 421 g/mol. The number of carbonyl (C=O) groups is 2. The zero-order valence-corrected chi connectivity index (χ0v) is 16.9. The topological polar surface area (TPSA) is 121 Å². The highest BCUT2D eigenvalue weighted by atomic mass is 32.1. The molecule has 0 spiro atoms. The zero-order chi connectivity index (χ0) is 21.3. The van der Waals surface area contributed by atoms with Crippen LogP contribution in [0.1, 0.15) is 31.3 Å². The summed E-state index contributed by atoms with van der Waals surface area (Å²) in [5.41, 5.74) is 4.62. The lowest BCUT2D eigenvalue weighted by Gasteiger charge is -2.08. The Kier molecular flexibility index (Phi) is 6.95. The lowest BCUT2D eigenvalue weighted by molar-refractivity contribution is 0.0944. The molecule has 1 aromatic carbocycles. The van der Waals surface area contributed by atoms with E-state index >= 15 is 0 Å². The van der Waals surface area contributed by atoms with Crippen molar-refractivity contribution in [1.29, 1.82) is 0 Å². The SMILES string of the molecule is C=NNC(=NC)c1ccc(CNC(=O)c2cc(NC(=O)c3cccs3)ncn2)cc1. The first kappa shape index (κ1) is 20.8. The molecule has 3 rings (SSSR count). The Morgan fingerprint density at radius 2 is 1.93 bits per heavy atom. The van der Waals surface area contributed by atoms with Gasteiger partial charge in [0, 0.05) is 31.9 Å². The van der Waals surface area contributed by atoms with Gasteiger partial charge in [-0.1, -0.05) is 30.3 Å². The third-order valence-electron chi connectivity index (χ3n) is 3.98. The molecule has 0 radical (unpaired) electrons. The predicted molar refractivity (Wildman–Crippen MR) is 117 cm³/mol. The Labute approximate surface area is 177 Å². The van der Waals surface area contributed by atoms with Crippen LogP contribution in [0, 0.1) is 0 Å². The first-order valence-corrected chi connectivity index (χ1v) is 9.71. The highest BCUT2D eigenvalue weighted by molar-refractivity contribution is 7.12. The molecule has 0 aliphatic heterocycles. The second kappa shape index (κ2) is 10.0.